The lowest BCUT2D eigenvalue weighted by atomic mass is 9.78. The molecule has 0 atom stereocenters. The molecule has 1 N–H and O–H groups in total. The highest BCUT2D eigenvalue weighted by Gasteiger charge is 2.22. The van der Waals surface area contributed by atoms with Gasteiger partial charge in [-0.3, -0.25) is 9.67 Å². The second-order valence-corrected chi connectivity index (χ2v) is 7.04. The molecule has 0 aliphatic carbocycles. The molecule has 0 saturated carbocycles. The van der Waals surface area contributed by atoms with Crippen molar-refractivity contribution in [3.05, 3.63) is 89.0 Å². The number of hydrogen-bond acceptors (Lipinski definition) is 3. The van der Waals surface area contributed by atoms with Gasteiger partial charge in [-0.05, 0) is 35.5 Å². The molecule has 0 radical (unpaired) electrons. The summed E-state index contributed by atoms with van der Waals surface area (Å²) in [6.07, 6.45) is 1.79. The number of H-pyrrole nitrogens is 1. The Hall–Kier alpha value is -2.66. The van der Waals surface area contributed by atoms with Gasteiger partial charge in [-0.1, -0.05) is 62.4 Å². The zero-order chi connectivity index (χ0) is 18.6. The molecule has 0 bridgehead atoms. The van der Waals surface area contributed by atoms with E-state index in [1.54, 1.807) is 6.08 Å². The maximum atomic E-state index is 5.88. The fraction of sp³-hybridized carbons (Fsp3) is 0.238. The van der Waals surface area contributed by atoms with Crippen LogP contribution in [-0.4, -0.2) is 14.8 Å². The Kier molecular flexibility index (Phi) is 5.38. The van der Waals surface area contributed by atoms with E-state index in [1.807, 2.05) is 22.8 Å². The molecule has 0 aliphatic heterocycles. The summed E-state index contributed by atoms with van der Waals surface area (Å²) in [5, 5.41) is 7.01. The van der Waals surface area contributed by atoms with Crippen LogP contribution in [-0.2, 0) is 18.6 Å². The third-order valence-electron chi connectivity index (χ3n) is 4.59. The zero-order valence-corrected chi connectivity index (χ0v) is 15.9. The average molecular weight is 366 g/mol. The van der Waals surface area contributed by atoms with Gasteiger partial charge in [0, 0.05) is 12.0 Å². The number of nitrogens with zero attached hydrogens (tertiary/aromatic N) is 2. The van der Waals surface area contributed by atoms with Crippen molar-refractivity contribution in [2.75, 3.05) is 0 Å². The molecule has 0 aliphatic rings. The molecular weight excluding hydrogens is 342 g/mol. The van der Waals surface area contributed by atoms with Crippen LogP contribution in [0.3, 0.4) is 0 Å². The normalized spacial score (nSPS) is 11.3. The third kappa shape index (κ3) is 3.78. The van der Waals surface area contributed by atoms with Crippen molar-refractivity contribution in [1.82, 2.24) is 14.8 Å². The van der Waals surface area contributed by atoms with Crippen molar-refractivity contribution in [3.8, 4) is 5.75 Å². The highest BCUT2D eigenvalue weighted by molar-refractivity contribution is 7.71. The summed E-state index contributed by atoms with van der Waals surface area (Å²) < 4.78 is 8.32. The summed E-state index contributed by atoms with van der Waals surface area (Å²) in [6.45, 7) is 9.16. The van der Waals surface area contributed by atoms with Crippen molar-refractivity contribution >= 4 is 12.2 Å². The Balaban J connectivity index is 1.72. The number of rotatable bonds is 7. The standard InChI is InChI=1S/C21H23N3OS/c1-4-14-24-19(22-23-20(24)26)15-25-18-12-10-17(11-13-18)21(2,3)16-8-6-5-7-9-16/h4-13H,1,14-15H2,2-3H3,(H,23,26). The summed E-state index contributed by atoms with van der Waals surface area (Å²) >= 11 is 5.22. The molecule has 3 rings (SSSR count). The lowest BCUT2D eigenvalue weighted by Crippen LogP contribution is -2.18. The van der Waals surface area contributed by atoms with Gasteiger partial charge in [0.1, 0.15) is 12.4 Å². The van der Waals surface area contributed by atoms with E-state index in [1.165, 1.54) is 11.1 Å². The topological polar surface area (TPSA) is 42.8 Å². The van der Waals surface area contributed by atoms with Crippen molar-refractivity contribution < 1.29 is 4.74 Å². The summed E-state index contributed by atoms with van der Waals surface area (Å²) in [4.78, 5) is 0. The number of allylic oxidation sites excluding steroid dienone is 1. The molecule has 26 heavy (non-hydrogen) atoms. The van der Waals surface area contributed by atoms with E-state index < -0.39 is 0 Å². The van der Waals surface area contributed by atoms with Gasteiger partial charge in [0.25, 0.3) is 0 Å². The minimum Gasteiger partial charge on any atom is -0.486 e. The quantitative estimate of drug-likeness (QED) is 0.472. The highest BCUT2D eigenvalue weighted by Crippen LogP contribution is 2.32. The molecule has 0 amide bonds. The van der Waals surface area contributed by atoms with Crippen LogP contribution in [0.5, 0.6) is 5.75 Å². The Morgan fingerprint density at radius 1 is 1.12 bits per heavy atom. The maximum Gasteiger partial charge on any atom is 0.195 e. The molecular formula is C21H23N3OS. The molecule has 0 spiro atoms. The predicted octanol–water partition coefficient (Wildman–Crippen LogP) is 5.03. The van der Waals surface area contributed by atoms with Gasteiger partial charge >= 0.3 is 0 Å². The van der Waals surface area contributed by atoms with Gasteiger partial charge in [0.05, 0.1) is 0 Å². The Labute approximate surface area is 159 Å². The van der Waals surface area contributed by atoms with Gasteiger partial charge < -0.3 is 4.74 Å². The minimum absolute atomic E-state index is 0.0633. The van der Waals surface area contributed by atoms with Crippen molar-refractivity contribution in [1.29, 1.82) is 0 Å². The second-order valence-electron chi connectivity index (χ2n) is 6.65. The summed E-state index contributed by atoms with van der Waals surface area (Å²) in [7, 11) is 0. The van der Waals surface area contributed by atoms with Crippen LogP contribution in [0.1, 0.15) is 30.8 Å². The van der Waals surface area contributed by atoms with Crippen molar-refractivity contribution in [2.45, 2.75) is 32.4 Å². The SMILES string of the molecule is C=CCn1c(COc2ccc(C(C)(C)c3ccccc3)cc2)n[nH]c1=S. The fourth-order valence-electron chi connectivity index (χ4n) is 2.92. The number of ether oxygens (including phenoxy) is 1. The van der Waals surface area contributed by atoms with E-state index in [0.29, 0.717) is 17.9 Å². The molecule has 5 heteroatoms. The molecule has 4 nitrogen and oxygen atoms in total. The molecule has 3 aromatic rings. The monoisotopic (exact) mass is 365 g/mol. The lowest BCUT2D eigenvalue weighted by Gasteiger charge is -2.26. The zero-order valence-electron chi connectivity index (χ0n) is 15.1. The third-order valence-corrected chi connectivity index (χ3v) is 4.90. The number of aromatic amines is 1. The van der Waals surface area contributed by atoms with E-state index in [-0.39, 0.29) is 5.41 Å². The van der Waals surface area contributed by atoms with E-state index in [9.17, 15) is 0 Å². The molecule has 1 heterocycles. The van der Waals surface area contributed by atoms with Gasteiger partial charge in [-0.15, -0.1) is 6.58 Å². The van der Waals surface area contributed by atoms with Crippen molar-refractivity contribution in [2.24, 2.45) is 0 Å². The van der Waals surface area contributed by atoms with Gasteiger partial charge in [0.15, 0.2) is 10.6 Å². The Morgan fingerprint density at radius 2 is 1.77 bits per heavy atom. The fourth-order valence-corrected chi connectivity index (χ4v) is 3.14. The summed E-state index contributed by atoms with van der Waals surface area (Å²) in [5.41, 5.74) is 2.46. The summed E-state index contributed by atoms with van der Waals surface area (Å²) in [5.74, 6) is 1.56. The second kappa shape index (κ2) is 7.70. The van der Waals surface area contributed by atoms with Crippen LogP contribution in [0.15, 0.2) is 67.3 Å². The molecule has 0 unspecified atom stereocenters. The minimum atomic E-state index is -0.0633. The Morgan fingerprint density at radius 3 is 2.42 bits per heavy atom. The largest absolute Gasteiger partial charge is 0.486 e. The average Bonchev–Trinajstić information content (AvgIpc) is 3.01. The smallest absolute Gasteiger partial charge is 0.195 e. The molecule has 2 aromatic carbocycles. The van der Waals surface area contributed by atoms with E-state index in [2.05, 4.69) is 67.0 Å². The van der Waals surface area contributed by atoms with Crippen LogP contribution < -0.4 is 4.74 Å². The van der Waals surface area contributed by atoms with E-state index in [0.717, 1.165) is 11.6 Å². The maximum absolute atomic E-state index is 5.88. The predicted molar refractivity (Wildman–Crippen MR) is 107 cm³/mol. The first kappa shape index (κ1) is 18.1. The lowest BCUT2D eigenvalue weighted by molar-refractivity contribution is 0.290. The molecule has 1 aromatic heterocycles. The summed E-state index contributed by atoms with van der Waals surface area (Å²) in [6, 6.07) is 18.7. The van der Waals surface area contributed by atoms with E-state index in [4.69, 9.17) is 17.0 Å². The van der Waals surface area contributed by atoms with Gasteiger partial charge in [0.2, 0.25) is 0 Å². The first-order valence-electron chi connectivity index (χ1n) is 8.56. The highest BCUT2D eigenvalue weighted by atomic mass is 32.1. The molecule has 134 valence electrons. The van der Waals surface area contributed by atoms with Crippen LogP contribution in [0.4, 0.5) is 0 Å². The van der Waals surface area contributed by atoms with Gasteiger partial charge in [-0.25, -0.2) is 0 Å². The molecule has 0 saturated heterocycles. The van der Waals surface area contributed by atoms with Crippen LogP contribution >= 0.6 is 12.2 Å². The number of benzene rings is 2. The van der Waals surface area contributed by atoms with Crippen LogP contribution in [0, 0.1) is 4.77 Å². The number of aromatic nitrogens is 3. The number of nitrogens with one attached hydrogen (secondary N) is 1. The van der Waals surface area contributed by atoms with Crippen LogP contribution in [0.25, 0.3) is 0 Å². The van der Waals surface area contributed by atoms with Crippen molar-refractivity contribution in [3.63, 3.8) is 0 Å². The van der Waals surface area contributed by atoms with Crippen LogP contribution in [0.2, 0.25) is 0 Å². The Bertz CT molecular complexity index is 924. The first-order valence-corrected chi connectivity index (χ1v) is 8.97. The van der Waals surface area contributed by atoms with E-state index >= 15 is 0 Å². The number of hydrogen-bond donors (Lipinski definition) is 1. The van der Waals surface area contributed by atoms with Gasteiger partial charge in [-0.2, -0.15) is 5.10 Å². The first-order chi connectivity index (χ1) is 12.5. The molecule has 0 fully saturated rings.